The first-order valence-electron chi connectivity index (χ1n) is 11.0. The molecule has 5 heteroatoms. The molecule has 28 heavy (non-hydrogen) atoms. The maximum atomic E-state index is 10.6. The van der Waals surface area contributed by atoms with Crippen molar-refractivity contribution in [1.29, 1.82) is 0 Å². The van der Waals surface area contributed by atoms with E-state index < -0.39 is 5.60 Å². The van der Waals surface area contributed by atoms with Gasteiger partial charge in [-0.25, -0.2) is 0 Å². The summed E-state index contributed by atoms with van der Waals surface area (Å²) in [6.45, 7) is 3.83. The molecule has 0 amide bonds. The largest absolute Gasteiger partial charge is 0.490 e. The molecule has 0 spiro atoms. The predicted molar refractivity (Wildman–Crippen MR) is 110 cm³/mol. The van der Waals surface area contributed by atoms with E-state index in [0.717, 1.165) is 44.6 Å². The van der Waals surface area contributed by atoms with Crippen molar-refractivity contribution >= 4 is 10.9 Å². The van der Waals surface area contributed by atoms with Gasteiger partial charge < -0.3 is 24.0 Å². The summed E-state index contributed by atoms with van der Waals surface area (Å²) in [6.07, 6.45) is 10.6. The smallest absolute Gasteiger partial charge is 0.129 e. The second kappa shape index (κ2) is 7.69. The molecule has 5 rings (SSSR count). The normalized spacial score (nSPS) is 27.8. The van der Waals surface area contributed by atoms with Crippen LogP contribution in [0.2, 0.25) is 0 Å². The Morgan fingerprint density at radius 3 is 2.68 bits per heavy atom. The Hall–Kier alpha value is -1.56. The van der Waals surface area contributed by atoms with E-state index in [-0.39, 0.29) is 6.10 Å². The third-order valence-corrected chi connectivity index (χ3v) is 6.87. The van der Waals surface area contributed by atoms with Gasteiger partial charge in [-0.1, -0.05) is 18.9 Å². The molecule has 1 N–H and O–H groups in total. The lowest BCUT2D eigenvalue weighted by Gasteiger charge is -2.36. The van der Waals surface area contributed by atoms with Crippen molar-refractivity contribution in [3.05, 3.63) is 30.5 Å². The zero-order valence-corrected chi connectivity index (χ0v) is 16.7. The van der Waals surface area contributed by atoms with Crippen molar-refractivity contribution in [2.24, 2.45) is 0 Å². The molecule has 5 nitrogen and oxygen atoms in total. The average Bonchev–Trinajstić information content (AvgIpc) is 3.44. The Balaban J connectivity index is 1.23. The zero-order chi connectivity index (χ0) is 19.0. The number of rotatable bonds is 5. The van der Waals surface area contributed by atoms with Gasteiger partial charge >= 0.3 is 0 Å². The lowest BCUT2D eigenvalue weighted by molar-refractivity contribution is -0.0172. The first-order valence-corrected chi connectivity index (χ1v) is 11.0. The van der Waals surface area contributed by atoms with Crippen LogP contribution < -0.4 is 4.74 Å². The van der Waals surface area contributed by atoms with E-state index in [1.54, 1.807) is 0 Å². The highest BCUT2D eigenvalue weighted by Gasteiger charge is 2.35. The second-order valence-electron chi connectivity index (χ2n) is 8.97. The quantitative estimate of drug-likeness (QED) is 0.853. The summed E-state index contributed by atoms with van der Waals surface area (Å²) in [4.78, 5) is 2.37. The van der Waals surface area contributed by atoms with E-state index in [1.807, 2.05) is 0 Å². The van der Waals surface area contributed by atoms with Crippen molar-refractivity contribution in [3.63, 3.8) is 0 Å². The van der Waals surface area contributed by atoms with Gasteiger partial charge in [-0.05, 0) is 43.9 Å². The number of aliphatic hydroxyl groups is 1. The fourth-order valence-corrected chi connectivity index (χ4v) is 5.27. The van der Waals surface area contributed by atoms with Gasteiger partial charge in [0.05, 0.1) is 12.1 Å². The predicted octanol–water partition coefficient (Wildman–Crippen LogP) is 3.75. The molecule has 1 unspecified atom stereocenters. The lowest BCUT2D eigenvalue weighted by atomic mass is 10.00. The summed E-state index contributed by atoms with van der Waals surface area (Å²) in [5.74, 6) is 1.02. The molecule has 0 bridgehead atoms. The Morgan fingerprint density at radius 2 is 1.93 bits per heavy atom. The number of fused-ring (bicyclic) bond motifs is 1. The van der Waals surface area contributed by atoms with Crippen LogP contribution in [0.15, 0.2) is 30.5 Å². The van der Waals surface area contributed by atoms with E-state index in [2.05, 4.69) is 39.9 Å². The zero-order valence-electron chi connectivity index (χ0n) is 16.7. The molecule has 0 radical (unpaired) electrons. The van der Waals surface area contributed by atoms with Gasteiger partial charge in [-0.3, -0.25) is 0 Å². The number of β-amino-alcohol motifs (C(OH)–C–C–N with tert-alkyl or cyclic N) is 1. The third kappa shape index (κ3) is 3.68. The number of nitrogens with zero attached hydrogens (tertiary/aromatic N) is 2. The first kappa shape index (κ1) is 18.5. The Morgan fingerprint density at radius 1 is 1.11 bits per heavy atom. The van der Waals surface area contributed by atoms with Crippen LogP contribution in [0.5, 0.6) is 5.75 Å². The number of hydrogen-bond acceptors (Lipinski definition) is 4. The van der Waals surface area contributed by atoms with Gasteiger partial charge in [-0.15, -0.1) is 0 Å². The molecule has 1 aromatic carbocycles. The summed E-state index contributed by atoms with van der Waals surface area (Å²) in [5.41, 5.74) is 0.660. The van der Waals surface area contributed by atoms with Crippen molar-refractivity contribution in [2.75, 3.05) is 32.8 Å². The molecule has 3 aliphatic rings. The molecule has 1 atom stereocenters. The minimum Gasteiger partial charge on any atom is -0.490 e. The fourth-order valence-electron chi connectivity index (χ4n) is 5.27. The average molecular weight is 385 g/mol. The number of piperidine rings is 1. The lowest BCUT2D eigenvalue weighted by Crippen LogP contribution is -2.48. The van der Waals surface area contributed by atoms with Gasteiger partial charge in [0.2, 0.25) is 0 Å². The molecule has 2 aromatic rings. The summed E-state index contributed by atoms with van der Waals surface area (Å²) in [7, 11) is 0. The molecule has 3 fully saturated rings. The molecule has 3 heterocycles. The Bertz CT molecular complexity index is 797. The maximum Gasteiger partial charge on any atom is 0.129 e. The van der Waals surface area contributed by atoms with E-state index >= 15 is 0 Å². The van der Waals surface area contributed by atoms with Crippen LogP contribution in [0.25, 0.3) is 10.9 Å². The number of benzene rings is 1. The van der Waals surface area contributed by atoms with Crippen molar-refractivity contribution in [3.8, 4) is 5.75 Å². The van der Waals surface area contributed by atoms with Gasteiger partial charge in [0.25, 0.3) is 0 Å². The van der Waals surface area contributed by atoms with Gasteiger partial charge in [-0.2, -0.15) is 0 Å². The molecular formula is C23H32N2O3. The highest BCUT2D eigenvalue weighted by Crippen LogP contribution is 2.36. The van der Waals surface area contributed by atoms with Gasteiger partial charge in [0.1, 0.15) is 17.5 Å². The Labute approximate surface area is 167 Å². The monoisotopic (exact) mass is 384 g/mol. The third-order valence-electron chi connectivity index (χ3n) is 6.87. The van der Waals surface area contributed by atoms with Crippen molar-refractivity contribution in [1.82, 2.24) is 9.47 Å². The number of aromatic nitrogens is 1. The van der Waals surface area contributed by atoms with E-state index in [4.69, 9.17) is 9.47 Å². The van der Waals surface area contributed by atoms with E-state index in [0.29, 0.717) is 19.3 Å². The molecule has 1 aromatic heterocycles. The number of likely N-dealkylation sites (tertiary alicyclic amines) is 1. The minimum atomic E-state index is -0.650. The summed E-state index contributed by atoms with van der Waals surface area (Å²) >= 11 is 0. The highest BCUT2D eigenvalue weighted by molar-refractivity contribution is 5.86. The number of ether oxygens (including phenoxy) is 2. The van der Waals surface area contributed by atoms with Crippen molar-refractivity contribution in [2.45, 2.75) is 62.7 Å². The summed E-state index contributed by atoms with van der Waals surface area (Å²) in [6, 6.07) is 9.36. The topological polar surface area (TPSA) is 46.9 Å². The van der Waals surface area contributed by atoms with E-state index in [1.165, 1.54) is 36.6 Å². The molecule has 152 valence electrons. The molecule has 2 saturated heterocycles. The number of hydrogen-bond donors (Lipinski definition) is 1. The van der Waals surface area contributed by atoms with Crippen LogP contribution in [-0.2, 0) is 4.74 Å². The van der Waals surface area contributed by atoms with Crippen LogP contribution >= 0.6 is 0 Å². The fraction of sp³-hybridized carbons (Fsp3) is 0.652. The van der Waals surface area contributed by atoms with Gasteiger partial charge in [0.15, 0.2) is 0 Å². The second-order valence-corrected chi connectivity index (χ2v) is 8.97. The molecule has 1 aliphatic carbocycles. The van der Waals surface area contributed by atoms with Crippen LogP contribution in [0.1, 0.15) is 51.0 Å². The first-order chi connectivity index (χ1) is 13.7. The molecule has 2 aliphatic heterocycles. The summed E-state index contributed by atoms with van der Waals surface area (Å²) < 4.78 is 14.3. The minimum absolute atomic E-state index is 0.256. The van der Waals surface area contributed by atoms with Crippen LogP contribution in [0, 0.1) is 0 Å². The van der Waals surface area contributed by atoms with Gasteiger partial charge in [0, 0.05) is 50.3 Å². The standard InChI is InChI=1S/C23H32N2O3/c26-23(11-15-27-17-23)16-24-12-8-19(9-13-24)28-22-7-3-6-21-20(22)10-14-25(21)18-4-1-2-5-18/h3,6-7,10,14,18-19,26H,1-2,4-5,8-9,11-13,15-17H2. The Kier molecular flexibility index (Phi) is 5.07. The van der Waals surface area contributed by atoms with Crippen LogP contribution in [-0.4, -0.2) is 59.1 Å². The maximum absolute atomic E-state index is 10.6. The molecule has 1 saturated carbocycles. The van der Waals surface area contributed by atoms with Crippen LogP contribution in [0.3, 0.4) is 0 Å². The van der Waals surface area contributed by atoms with E-state index in [9.17, 15) is 5.11 Å². The van der Waals surface area contributed by atoms with Crippen LogP contribution in [0.4, 0.5) is 0 Å². The SMILES string of the molecule is OC1(CN2CCC(Oc3cccc4c3ccn4C3CCCC3)CC2)CCOC1. The molecular weight excluding hydrogens is 352 g/mol. The highest BCUT2D eigenvalue weighted by atomic mass is 16.5. The summed E-state index contributed by atoms with van der Waals surface area (Å²) in [5, 5.41) is 11.8. The van der Waals surface area contributed by atoms with Crippen molar-refractivity contribution < 1.29 is 14.6 Å².